The molecule has 0 radical (unpaired) electrons. The highest BCUT2D eigenvalue weighted by Crippen LogP contribution is 2.19. The minimum Gasteiger partial charge on any atom is -0.208 e. The van der Waals surface area contributed by atoms with Crippen molar-refractivity contribution in [2.45, 2.75) is 27.7 Å². The number of benzene rings is 1. The zero-order chi connectivity index (χ0) is 15.7. The second-order valence-electron chi connectivity index (χ2n) is 3.86. The molecule has 0 spiro atoms. The van der Waals surface area contributed by atoms with E-state index in [1.165, 1.54) is 0 Å². The molecule has 0 saturated heterocycles. The van der Waals surface area contributed by atoms with E-state index in [-0.39, 0.29) is 5.28 Å². The van der Waals surface area contributed by atoms with Crippen molar-refractivity contribution in [3.8, 4) is 11.4 Å². The van der Waals surface area contributed by atoms with Gasteiger partial charge in [0.15, 0.2) is 11.6 Å². The number of nitrogens with zero attached hydrogens (tertiary/aromatic N) is 3. The number of aromatic nitrogens is 3. The van der Waals surface area contributed by atoms with Gasteiger partial charge in [-0.2, -0.15) is 9.97 Å². The fraction of sp³-hybridized carbons (Fsp3) is 0.235. The third-order valence-electron chi connectivity index (χ3n) is 2.56. The summed E-state index contributed by atoms with van der Waals surface area (Å²) in [7, 11) is 0. The van der Waals surface area contributed by atoms with E-state index >= 15 is 0 Å². The molecule has 110 valence electrons. The van der Waals surface area contributed by atoms with Gasteiger partial charge >= 0.3 is 0 Å². The number of rotatable bonds is 3. The molecular formula is C17H20ClN3. The molecule has 0 fully saturated rings. The maximum absolute atomic E-state index is 5.99. The van der Waals surface area contributed by atoms with Crippen LogP contribution in [0.15, 0.2) is 48.6 Å². The van der Waals surface area contributed by atoms with Crippen LogP contribution in [0.3, 0.4) is 0 Å². The molecule has 4 heteroatoms. The van der Waals surface area contributed by atoms with Crippen LogP contribution in [-0.2, 0) is 0 Å². The van der Waals surface area contributed by atoms with Crippen molar-refractivity contribution >= 4 is 17.2 Å². The van der Waals surface area contributed by atoms with E-state index in [9.17, 15) is 0 Å². The van der Waals surface area contributed by atoms with Crippen LogP contribution < -0.4 is 0 Å². The van der Waals surface area contributed by atoms with Crippen LogP contribution in [-0.4, -0.2) is 15.0 Å². The Morgan fingerprint density at radius 2 is 1.67 bits per heavy atom. The Balaban J connectivity index is 0.00000106. The van der Waals surface area contributed by atoms with E-state index in [2.05, 4.69) is 15.0 Å². The Morgan fingerprint density at radius 1 is 1.00 bits per heavy atom. The van der Waals surface area contributed by atoms with E-state index in [0.717, 1.165) is 11.1 Å². The lowest BCUT2D eigenvalue weighted by Crippen LogP contribution is -1.99. The second kappa shape index (κ2) is 9.03. The van der Waals surface area contributed by atoms with Gasteiger partial charge in [0.25, 0.3) is 0 Å². The molecule has 3 nitrogen and oxygen atoms in total. The quantitative estimate of drug-likeness (QED) is 0.732. The van der Waals surface area contributed by atoms with Crippen LogP contribution >= 0.6 is 11.6 Å². The molecule has 0 unspecified atom stereocenters. The summed E-state index contributed by atoms with van der Waals surface area (Å²) < 4.78 is 0. The highest BCUT2D eigenvalue weighted by Gasteiger charge is 2.08. The summed E-state index contributed by atoms with van der Waals surface area (Å²) in [4.78, 5) is 12.8. The first-order valence-corrected chi connectivity index (χ1v) is 7.38. The summed E-state index contributed by atoms with van der Waals surface area (Å²) in [6.07, 6.45) is 5.83. The molecule has 21 heavy (non-hydrogen) atoms. The Labute approximate surface area is 131 Å². The lowest BCUT2D eigenvalue weighted by Gasteiger charge is -2.04. The monoisotopic (exact) mass is 301 g/mol. The summed E-state index contributed by atoms with van der Waals surface area (Å²) in [5.41, 5.74) is 1.84. The third-order valence-corrected chi connectivity index (χ3v) is 2.72. The minimum atomic E-state index is 0.202. The molecule has 0 N–H and O–H groups in total. The summed E-state index contributed by atoms with van der Waals surface area (Å²) in [6.45, 7) is 7.89. The van der Waals surface area contributed by atoms with Gasteiger partial charge in [0, 0.05) is 11.1 Å². The van der Waals surface area contributed by atoms with E-state index in [4.69, 9.17) is 11.6 Å². The van der Waals surface area contributed by atoms with Gasteiger partial charge < -0.3 is 0 Å². The average molecular weight is 302 g/mol. The molecule has 1 aromatic heterocycles. The normalized spacial score (nSPS) is 11.2. The molecule has 0 aliphatic carbocycles. The first kappa shape index (κ1) is 17.1. The molecule has 0 aliphatic heterocycles. The zero-order valence-electron chi connectivity index (χ0n) is 12.8. The molecule has 0 saturated carbocycles. The topological polar surface area (TPSA) is 38.7 Å². The molecule has 2 aromatic rings. The number of hydrogen-bond donors (Lipinski definition) is 0. The van der Waals surface area contributed by atoms with Crippen LogP contribution in [0, 0.1) is 0 Å². The van der Waals surface area contributed by atoms with Crippen molar-refractivity contribution < 1.29 is 0 Å². The summed E-state index contributed by atoms with van der Waals surface area (Å²) in [5.74, 6) is 1.17. The highest BCUT2D eigenvalue weighted by molar-refractivity contribution is 6.28. The first-order chi connectivity index (χ1) is 10.2. The molecule has 1 heterocycles. The van der Waals surface area contributed by atoms with Gasteiger partial charge in [-0.25, -0.2) is 4.98 Å². The lowest BCUT2D eigenvalue weighted by molar-refractivity contribution is 1.03. The van der Waals surface area contributed by atoms with Gasteiger partial charge in [-0.05, 0) is 25.4 Å². The fourth-order valence-electron chi connectivity index (χ4n) is 1.67. The Hall–Kier alpha value is -2.00. The summed E-state index contributed by atoms with van der Waals surface area (Å²) in [6, 6.07) is 9.72. The number of halogens is 1. The number of hydrogen-bond acceptors (Lipinski definition) is 3. The molecule has 2 rings (SSSR count). The van der Waals surface area contributed by atoms with Gasteiger partial charge in [-0.1, -0.05) is 62.4 Å². The Bertz CT molecular complexity index is 619. The van der Waals surface area contributed by atoms with Crippen LogP contribution in [0.2, 0.25) is 5.28 Å². The minimum absolute atomic E-state index is 0.202. The first-order valence-electron chi connectivity index (χ1n) is 7.01. The molecule has 1 aromatic carbocycles. The molecule has 0 amide bonds. The summed E-state index contributed by atoms with van der Waals surface area (Å²) >= 11 is 5.99. The zero-order valence-corrected chi connectivity index (χ0v) is 13.6. The smallest absolute Gasteiger partial charge is 0.208 e. The predicted molar refractivity (Wildman–Crippen MR) is 90.1 cm³/mol. The van der Waals surface area contributed by atoms with Gasteiger partial charge in [-0.3, -0.25) is 0 Å². The van der Waals surface area contributed by atoms with Crippen molar-refractivity contribution in [3.05, 3.63) is 59.7 Å². The Kier molecular flexibility index (Phi) is 7.33. The number of allylic oxidation sites excluding steroid dienone is 4. The van der Waals surface area contributed by atoms with Crippen molar-refractivity contribution in [1.82, 2.24) is 15.0 Å². The van der Waals surface area contributed by atoms with Crippen LogP contribution in [0.4, 0.5) is 0 Å². The summed E-state index contributed by atoms with van der Waals surface area (Å²) in [5, 5.41) is 0.202. The average Bonchev–Trinajstić information content (AvgIpc) is 2.54. The Morgan fingerprint density at radius 3 is 2.24 bits per heavy atom. The third kappa shape index (κ3) is 4.80. The van der Waals surface area contributed by atoms with E-state index in [1.54, 1.807) is 0 Å². The van der Waals surface area contributed by atoms with Crippen LogP contribution in [0.5, 0.6) is 0 Å². The van der Waals surface area contributed by atoms with Gasteiger partial charge in [0.2, 0.25) is 5.28 Å². The lowest BCUT2D eigenvalue weighted by atomic mass is 10.2. The standard InChI is InChI=1S/C15H14ClN3.C2H6/c1-3-8-11(4-2)13-17-14(19-15(16)18-13)12-9-6-5-7-10-12;1-2/h3-10H,1-2H3;1-2H3/b8-3-,11-4+;. The van der Waals surface area contributed by atoms with E-state index < -0.39 is 0 Å². The molecular weight excluding hydrogens is 282 g/mol. The molecule has 0 atom stereocenters. The predicted octanol–water partition coefficient (Wildman–Crippen LogP) is 5.20. The SMILES string of the molecule is C/C=C\C(=C/C)c1nc(Cl)nc(-c2ccccc2)n1.CC. The largest absolute Gasteiger partial charge is 0.226 e. The fourth-order valence-corrected chi connectivity index (χ4v) is 1.84. The van der Waals surface area contributed by atoms with E-state index in [0.29, 0.717) is 11.6 Å². The van der Waals surface area contributed by atoms with Crippen LogP contribution in [0.25, 0.3) is 17.0 Å². The van der Waals surface area contributed by atoms with Crippen molar-refractivity contribution in [2.24, 2.45) is 0 Å². The van der Waals surface area contributed by atoms with Gasteiger partial charge in [-0.15, -0.1) is 0 Å². The maximum atomic E-state index is 5.99. The van der Waals surface area contributed by atoms with Gasteiger partial charge in [0.05, 0.1) is 0 Å². The van der Waals surface area contributed by atoms with E-state index in [1.807, 2.05) is 76.3 Å². The van der Waals surface area contributed by atoms with Crippen molar-refractivity contribution in [3.63, 3.8) is 0 Å². The van der Waals surface area contributed by atoms with Crippen molar-refractivity contribution in [1.29, 1.82) is 0 Å². The van der Waals surface area contributed by atoms with Crippen molar-refractivity contribution in [2.75, 3.05) is 0 Å². The maximum Gasteiger partial charge on any atom is 0.226 e. The molecule has 0 bridgehead atoms. The van der Waals surface area contributed by atoms with Gasteiger partial charge in [0.1, 0.15) is 0 Å². The van der Waals surface area contributed by atoms with Crippen LogP contribution in [0.1, 0.15) is 33.5 Å². The second-order valence-corrected chi connectivity index (χ2v) is 4.20. The molecule has 0 aliphatic rings. The highest BCUT2D eigenvalue weighted by atomic mass is 35.5.